The molecule has 35 heavy (non-hydrogen) atoms. The van der Waals surface area contributed by atoms with Crippen LogP contribution in [0, 0.1) is 11.8 Å². The summed E-state index contributed by atoms with van der Waals surface area (Å²) in [6.07, 6.45) is 0.860. The number of phenols is 1. The van der Waals surface area contributed by atoms with Gasteiger partial charge in [-0.2, -0.15) is 0 Å². The van der Waals surface area contributed by atoms with E-state index in [1.807, 2.05) is 58.0 Å². The van der Waals surface area contributed by atoms with Crippen LogP contribution in [0.1, 0.15) is 45.2 Å². The third-order valence-electron chi connectivity index (χ3n) is 6.13. The maximum absolute atomic E-state index is 13.4. The van der Waals surface area contributed by atoms with Crippen LogP contribution in [0.15, 0.2) is 54.6 Å². The van der Waals surface area contributed by atoms with Crippen LogP contribution < -0.4 is 21.7 Å². The third-order valence-corrected chi connectivity index (χ3v) is 6.13. The molecular weight excluding hydrogens is 444 g/mol. The van der Waals surface area contributed by atoms with Crippen molar-refractivity contribution >= 4 is 17.7 Å². The van der Waals surface area contributed by atoms with E-state index >= 15 is 0 Å². The average molecular weight is 483 g/mol. The smallest absolute Gasteiger partial charge is 0.243 e. The van der Waals surface area contributed by atoms with Crippen molar-refractivity contribution in [3.8, 4) is 5.75 Å². The number of hydrogen-bond acceptors (Lipinski definition) is 5. The van der Waals surface area contributed by atoms with Gasteiger partial charge < -0.3 is 26.8 Å². The van der Waals surface area contributed by atoms with Crippen molar-refractivity contribution in [3.63, 3.8) is 0 Å². The molecule has 8 heteroatoms. The molecule has 0 bridgehead atoms. The second-order valence-electron chi connectivity index (χ2n) is 9.28. The van der Waals surface area contributed by atoms with Gasteiger partial charge in [-0.1, -0.05) is 76.6 Å². The van der Waals surface area contributed by atoms with Gasteiger partial charge >= 0.3 is 0 Å². The maximum Gasteiger partial charge on any atom is 0.243 e. The highest BCUT2D eigenvalue weighted by Gasteiger charge is 2.31. The fourth-order valence-corrected chi connectivity index (χ4v) is 3.50. The van der Waals surface area contributed by atoms with E-state index < -0.39 is 29.9 Å². The van der Waals surface area contributed by atoms with E-state index in [1.54, 1.807) is 12.1 Å². The molecule has 0 saturated carbocycles. The first-order valence-electron chi connectivity index (χ1n) is 12.1. The van der Waals surface area contributed by atoms with Crippen molar-refractivity contribution in [1.29, 1.82) is 0 Å². The third kappa shape index (κ3) is 8.72. The van der Waals surface area contributed by atoms with Crippen LogP contribution >= 0.6 is 0 Å². The second-order valence-corrected chi connectivity index (χ2v) is 9.28. The summed E-state index contributed by atoms with van der Waals surface area (Å²) >= 11 is 0. The minimum absolute atomic E-state index is 0.104. The number of aromatic hydroxyl groups is 1. The van der Waals surface area contributed by atoms with Gasteiger partial charge in [0.05, 0.1) is 6.04 Å². The van der Waals surface area contributed by atoms with Crippen molar-refractivity contribution in [2.45, 2.75) is 65.2 Å². The van der Waals surface area contributed by atoms with E-state index in [-0.39, 0.29) is 29.9 Å². The van der Waals surface area contributed by atoms with Crippen LogP contribution in [-0.2, 0) is 27.3 Å². The number of phenolic OH excluding ortho intramolecular Hbond substituents is 1. The van der Waals surface area contributed by atoms with Crippen LogP contribution in [0.5, 0.6) is 5.75 Å². The van der Waals surface area contributed by atoms with Crippen LogP contribution in [0.2, 0.25) is 0 Å². The first-order valence-corrected chi connectivity index (χ1v) is 12.1. The Balaban J connectivity index is 2.18. The highest BCUT2D eigenvalue weighted by molar-refractivity contribution is 5.93. The van der Waals surface area contributed by atoms with Crippen LogP contribution in [0.25, 0.3) is 0 Å². The van der Waals surface area contributed by atoms with E-state index in [0.717, 1.165) is 11.1 Å². The molecule has 190 valence electrons. The normalized spacial score (nSPS) is 14.5. The molecular formula is C27H38N4O4. The van der Waals surface area contributed by atoms with Crippen molar-refractivity contribution in [2.75, 3.05) is 0 Å². The van der Waals surface area contributed by atoms with E-state index in [9.17, 15) is 19.5 Å². The molecule has 0 saturated heterocycles. The molecule has 1 unspecified atom stereocenters. The summed E-state index contributed by atoms with van der Waals surface area (Å²) in [6.45, 7) is 7.85. The van der Waals surface area contributed by atoms with Crippen molar-refractivity contribution < 1.29 is 19.5 Å². The van der Waals surface area contributed by atoms with Gasteiger partial charge in [0.2, 0.25) is 17.7 Å². The Labute approximate surface area is 207 Å². The Kier molecular flexibility index (Phi) is 10.7. The quantitative estimate of drug-likeness (QED) is 0.316. The number of nitrogens with two attached hydrogens (primary N) is 1. The molecule has 0 heterocycles. The SMILES string of the molecule is CCC(C)[C@H](NC(=O)[C@H](Cc1ccc(O)cc1)NC(=O)[C@@H](N)C(C)C)C(=O)NCc1ccccc1. The van der Waals surface area contributed by atoms with Gasteiger partial charge in [-0.05, 0) is 35.1 Å². The Morgan fingerprint density at radius 2 is 1.49 bits per heavy atom. The molecule has 0 radical (unpaired) electrons. The van der Waals surface area contributed by atoms with Crippen molar-refractivity contribution in [1.82, 2.24) is 16.0 Å². The first kappa shape index (κ1) is 27.9. The topological polar surface area (TPSA) is 134 Å². The molecule has 0 aliphatic carbocycles. The van der Waals surface area contributed by atoms with Gasteiger partial charge in [0.25, 0.3) is 0 Å². The molecule has 0 aliphatic heterocycles. The minimum Gasteiger partial charge on any atom is -0.508 e. The summed E-state index contributed by atoms with van der Waals surface area (Å²) in [5.41, 5.74) is 7.69. The van der Waals surface area contributed by atoms with Crippen LogP contribution in [-0.4, -0.2) is 41.0 Å². The summed E-state index contributed by atoms with van der Waals surface area (Å²) in [4.78, 5) is 39.1. The predicted molar refractivity (Wildman–Crippen MR) is 136 cm³/mol. The molecule has 0 fully saturated rings. The lowest BCUT2D eigenvalue weighted by atomic mass is 9.96. The van der Waals surface area contributed by atoms with Gasteiger partial charge in [-0.15, -0.1) is 0 Å². The number of amides is 3. The Morgan fingerprint density at radius 1 is 0.857 bits per heavy atom. The fourth-order valence-electron chi connectivity index (χ4n) is 3.50. The standard InChI is InChI=1S/C27H38N4O4/c1-5-18(4)24(27(35)29-16-20-9-7-6-8-10-20)31-25(33)22(30-26(34)23(28)17(2)3)15-19-11-13-21(32)14-12-19/h6-14,17-18,22-24,32H,5,15-16,28H2,1-4H3,(H,29,35)(H,30,34)(H,31,33)/t18?,22-,23-,24-/m0/s1. The van der Waals surface area contributed by atoms with E-state index in [4.69, 9.17) is 5.73 Å². The fraction of sp³-hybridized carbons (Fsp3) is 0.444. The molecule has 0 aliphatic rings. The number of carbonyl (C=O) groups is 3. The van der Waals surface area contributed by atoms with Crippen molar-refractivity contribution in [3.05, 3.63) is 65.7 Å². The van der Waals surface area contributed by atoms with E-state index in [1.165, 1.54) is 12.1 Å². The Hall–Kier alpha value is -3.39. The molecule has 0 spiro atoms. The van der Waals surface area contributed by atoms with E-state index in [0.29, 0.717) is 13.0 Å². The Morgan fingerprint density at radius 3 is 2.06 bits per heavy atom. The van der Waals surface area contributed by atoms with Crippen LogP contribution in [0.3, 0.4) is 0 Å². The zero-order chi connectivity index (χ0) is 26.0. The lowest BCUT2D eigenvalue weighted by Crippen LogP contribution is -2.58. The van der Waals surface area contributed by atoms with Crippen LogP contribution in [0.4, 0.5) is 0 Å². The van der Waals surface area contributed by atoms with Gasteiger partial charge in [0, 0.05) is 13.0 Å². The molecule has 4 atom stereocenters. The van der Waals surface area contributed by atoms with Gasteiger partial charge in [0.1, 0.15) is 17.8 Å². The average Bonchev–Trinajstić information content (AvgIpc) is 2.86. The molecule has 0 aromatic heterocycles. The lowest BCUT2D eigenvalue weighted by molar-refractivity contribution is -0.133. The van der Waals surface area contributed by atoms with Crippen molar-refractivity contribution in [2.24, 2.45) is 17.6 Å². The number of rotatable bonds is 12. The number of hydrogen-bond donors (Lipinski definition) is 5. The largest absolute Gasteiger partial charge is 0.508 e. The molecule has 6 N–H and O–H groups in total. The highest BCUT2D eigenvalue weighted by atomic mass is 16.3. The minimum atomic E-state index is -0.940. The monoisotopic (exact) mass is 482 g/mol. The zero-order valence-corrected chi connectivity index (χ0v) is 21.0. The van der Waals surface area contributed by atoms with Gasteiger partial charge in [-0.3, -0.25) is 14.4 Å². The summed E-state index contributed by atoms with van der Waals surface area (Å²) < 4.78 is 0. The van der Waals surface area contributed by atoms with Gasteiger partial charge in [0.15, 0.2) is 0 Å². The summed E-state index contributed by atoms with van der Waals surface area (Å²) in [5.74, 6) is -1.32. The maximum atomic E-state index is 13.4. The summed E-state index contributed by atoms with van der Waals surface area (Å²) in [6, 6.07) is 13.4. The molecule has 8 nitrogen and oxygen atoms in total. The molecule has 2 aromatic rings. The number of benzene rings is 2. The Bertz CT molecular complexity index is 963. The molecule has 3 amide bonds. The highest BCUT2D eigenvalue weighted by Crippen LogP contribution is 2.14. The second kappa shape index (κ2) is 13.5. The number of nitrogens with one attached hydrogen (secondary N) is 3. The lowest BCUT2D eigenvalue weighted by Gasteiger charge is -2.27. The summed E-state index contributed by atoms with van der Waals surface area (Å²) in [5, 5.41) is 18.1. The zero-order valence-electron chi connectivity index (χ0n) is 21.0. The molecule has 2 aromatic carbocycles. The first-order chi connectivity index (χ1) is 16.6. The number of carbonyl (C=O) groups excluding carboxylic acids is 3. The van der Waals surface area contributed by atoms with Gasteiger partial charge in [-0.25, -0.2) is 0 Å². The molecule has 2 rings (SSSR count). The summed E-state index contributed by atoms with van der Waals surface area (Å²) in [7, 11) is 0. The van der Waals surface area contributed by atoms with E-state index in [2.05, 4.69) is 16.0 Å². The predicted octanol–water partition coefficient (Wildman–Crippen LogP) is 2.25.